The van der Waals surface area contributed by atoms with Gasteiger partial charge in [0, 0.05) is 12.3 Å². The molecule has 20 heavy (non-hydrogen) atoms. The molecule has 0 aromatic carbocycles. The molecule has 0 spiro atoms. The van der Waals surface area contributed by atoms with Crippen molar-refractivity contribution in [3.8, 4) is 0 Å². The van der Waals surface area contributed by atoms with Crippen molar-refractivity contribution in [2.24, 2.45) is 5.92 Å². The fourth-order valence-electron chi connectivity index (χ4n) is 2.49. The molecule has 1 N–H and O–H groups in total. The van der Waals surface area contributed by atoms with Crippen LogP contribution in [0.5, 0.6) is 0 Å². The number of piperazine rings is 1. The van der Waals surface area contributed by atoms with Crippen molar-refractivity contribution in [3.05, 3.63) is 0 Å². The molecule has 0 aromatic heterocycles. The summed E-state index contributed by atoms with van der Waals surface area (Å²) in [6, 6.07) is -0.306. The van der Waals surface area contributed by atoms with E-state index in [-0.39, 0.29) is 17.9 Å². The summed E-state index contributed by atoms with van der Waals surface area (Å²) in [5.41, 5.74) is -0.735. The largest absolute Gasteiger partial charge is 0.340 e. The van der Waals surface area contributed by atoms with Crippen LogP contribution in [-0.2, 0) is 9.59 Å². The summed E-state index contributed by atoms with van der Waals surface area (Å²) in [5, 5.41) is 2.93. The first-order valence-corrected chi connectivity index (χ1v) is 8.72. The van der Waals surface area contributed by atoms with Gasteiger partial charge in [-0.2, -0.15) is 11.8 Å². The molecule has 0 radical (unpaired) electrons. The summed E-state index contributed by atoms with van der Waals surface area (Å²) in [5.74, 6) is 2.40. The van der Waals surface area contributed by atoms with Crippen molar-refractivity contribution < 1.29 is 9.59 Å². The third-order valence-corrected chi connectivity index (χ3v) is 4.77. The minimum absolute atomic E-state index is 0.00384. The molecule has 1 fully saturated rings. The average Bonchev–Trinajstić information content (AvgIpc) is 2.39. The second-order valence-corrected chi connectivity index (χ2v) is 7.41. The summed E-state index contributed by atoms with van der Waals surface area (Å²) in [4.78, 5) is 26.9. The van der Waals surface area contributed by atoms with E-state index in [4.69, 9.17) is 0 Å². The van der Waals surface area contributed by atoms with Gasteiger partial charge in [-0.05, 0) is 31.4 Å². The van der Waals surface area contributed by atoms with Gasteiger partial charge in [-0.1, -0.05) is 27.7 Å². The molecule has 1 aliphatic rings. The molecule has 0 saturated carbocycles. The lowest BCUT2D eigenvalue weighted by Crippen LogP contribution is -2.69. The first-order chi connectivity index (χ1) is 9.35. The molecule has 2 atom stereocenters. The Kier molecular flexibility index (Phi) is 6.37. The maximum absolute atomic E-state index is 12.7. The van der Waals surface area contributed by atoms with Gasteiger partial charge in [0.05, 0.1) is 0 Å². The van der Waals surface area contributed by atoms with Gasteiger partial charge < -0.3 is 10.2 Å². The number of carbonyl (C=O) groups is 2. The van der Waals surface area contributed by atoms with Crippen LogP contribution in [0.25, 0.3) is 0 Å². The van der Waals surface area contributed by atoms with Crippen LogP contribution in [0.15, 0.2) is 0 Å². The van der Waals surface area contributed by atoms with E-state index >= 15 is 0 Å². The van der Waals surface area contributed by atoms with Crippen LogP contribution in [0.4, 0.5) is 0 Å². The van der Waals surface area contributed by atoms with Gasteiger partial charge in [0.15, 0.2) is 0 Å². The van der Waals surface area contributed by atoms with E-state index in [1.807, 2.05) is 30.5 Å². The number of thioether (sulfide) groups is 1. The van der Waals surface area contributed by atoms with Crippen LogP contribution in [0, 0.1) is 5.92 Å². The first kappa shape index (κ1) is 17.3. The van der Waals surface area contributed by atoms with Gasteiger partial charge in [-0.3, -0.25) is 9.59 Å². The zero-order valence-corrected chi connectivity index (χ0v) is 14.2. The standard InChI is InChI=1S/C15H28N2O2S/c1-6-15(5)14(19)17(8-9-20-7-2)12(10-11(3)4)13(18)16-15/h11-12H,6-10H2,1-5H3,(H,16,18). The third kappa shape index (κ3) is 3.90. The maximum atomic E-state index is 12.7. The highest BCUT2D eigenvalue weighted by atomic mass is 32.2. The summed E-state index contributed by atoms with van der Waals surface area (Å²) < 4.78 is 0. The fraction of sp³-hybridized carbons (Fsp3) is 0.867. The number of carbonyl (C=O) groups excluding carboxylic acids is 2. The van der Waals surface area contributed by atoms with Crippen molar-refractivity contribution in [2.75, 3.05) is 18.1 Å². The molecule has 5 heteroatoms. The highest BCUT2D eigenvalue weighted by molar-refractivity contribution is 7.99. The molecular formula is C15H28N2O2S. The lowest BCUT2D eigenvalue weighted by atomic mass is 9.89. The smallest absolute Gasteiger partial charge is 0.248 e. The quantitative estimate of drug-likeness (QED) is 0.734. The number of hydrogen-bond donors (Lipinski definition) is 1. The van der Waals surface area contributed by atoms with Gasteiger partial charge in [0.25, 0.3) is 0 Å². The molecule has 0 aromatic rings. The molecule has 0 aliphatic carbocycles. The maximum Gasteiger partial charge on any atom is 0.248 e. The van der Waals surface area contributed by atoms with Crippen molar-refractivity contribution >= 4 is 23.6 Å². The molecule has 4 nitrogen and oxygen atoms in total. The summed E-state index contributed by atoms with van der Waals surface area (Å²) >= 11 is 1.81. The highest BCUT2D eigenvalue weighted by Crippen LogP contribution is 2.25. The number of amides is 2. The van der Waals surface area contributed by atoms with Gasteiger partial charge in [-0.15, -0.1) is 0 Å². The van der Waals surface area contributed by atoms with E-state index < -0.39 is 5.54 Å². The minimum atomic E-state index is -0.735. The summed E-state index contributed by atoms with van der Waals surface area (Å²) in [6.07, 6.45) is 1.36. The van der Waals surface area contributed by atoms with E-state index in [1.54, 1.807) is 0 Å². The van der Waals surface area contributed by atoms with Crippen molar-refractivity contribution in [1.82, 2.24) is 10.2 Å². The molecule has 2 unspecified atom stereocenters. The van der Waals surface area contributed by atoms with Crippen LogP contribution < -0.4 is 5.32 Å². The number of nitrogens with one attached hydrogen (secondary N) is 1. The Labute approximate surface area is 127 Å². The van der Waals surface area contributed by atoms with E-state index in [0.717, 1.165) is 17.9 Å². The normalized spacial score (nSPS) is 27.1. The van der Waals surface area contributed by atoms with E-state index in [0.29, 0.717) is 18.9 Å². The van der Waals surface area contributed by atoms with Crippen LogP contribution in [0.3, 0.4) is 0 Å². The third-order valence-electron chi connectivity index (χ3n) is 3.89. The Bertz CT molecular complexity index is 360. The fourth-order valence-corrected chi connectivity index (χ4v) is 3.11. The average molecular weight is 300 g/mol. The Morgan fingerprint density at radius 1 is 1.35 bits per heavy atom. The van der Waals surface area contributed by atoms with E-state index in [1.165, 1.54) is 0 Å². The monoisotopic (exact) mass is 300 g/mol. The van der Waals surface area contributed by atoms with E-state index in [2.05, 4.69) is 26.1 Å². The summed E-state index contributed by atoms with van der Waals surface area (Å²) in [7, 11) is 0. The topological polar surface area (TPSA) is 49.4 Å². The molecule has 1 rings (SSSR count). The molecule has 1 heterocycles. The van der Waals surface area contributed by atoms with Crippen LogP contribution in [-0.4, -0.2) is 46.3 Å². The zero-order valence-electron chi connectivity index (χ0n) is 13.4. The minimum Gasteiger partial charge on any atom is -0.340 e. The summed E-state index contributed by atoms with van der Waals surface area (Å²) in [6.45, 7) is 10.7. The molecule has 1 aliphatic heterocycles. The molecule has 116 valence electrons. The number of rotatable bonds is 7. The first-order valence-electron chi connectivity index (χ1n) is 7.56. The Morgan fingerprint density at radius 2 is 2.00 bits per heavy atom. The van der Waals surface area contributed by atoms with E-state index in [9.17, 15) is 9.59 Å². The molecule has 2 amide bonds. The highest BCUT2D eigenvalue weighted by Gasteiger charge is 2.46. The SMILES string of the molecule is CCSCCN1C(=O)C(C)(CC)NC(=O)C1CC(C)C. The van der Waals surface area contributed by atoms with Crippen molar-refractivity contribution in [3.63, 3.8) is 0 Å². The lowest BCUT2D eigenvalue weighted by Gasteiger charge is -2.44. The zero-order chi connectivity index (χ0) is 15.3. The number of hydrogen-bond acceptors (Lipinski definition) is 3. The molecule has 0 bridgehead atoms. The van der Waals surface area contributed by atoms with Gasteiger partial charge >= 0.3 is 0 Å². The second kappa shape index (κ2) is 7.34. The molecule has 1 saturated heterocycles. The number of nitrogens with zero attached hydrogens (tertiary/aromatic N) is 1. The molecular weight excluding hydrogens is 272 g/mol. The van der Waals surface area contributed by atoms with Crippen molar-refractivity contribution in [2.45, 2.75) is 59.0 Å². The predicted octanol–water partition coefficient (Wildman–Crippen LogP) is 2.28. The van der Waals surface area contributed by atoms with Crippen LogP contribution >= 0.6 is 11.8 Å². The Hall–Kier alpha value is -0.710. The van der Waals surface area contributed by atoms with Crippen molar-refractivity contribution in [1.29, 1.82) is 0 Å². The Balaban J connectivity index is 2.91. The lowest BCUT2D eigenvalue weighted by molar-refractivity contribution is -0.154. The van der Waals surface area contributed by atoms with Crippen LogP contribution in [0.2, 0.25) is 0 Å². The van der Waals surface area contributed by atoms with Gasteiger partial charge in [-0.25, -0.2) is 0 Å². The Morgan fingerprint density at radius 3 is 2.50 bits per heavy atom. The predicted molar refractivity (Wildman–Crippen MR) is 84.8 cm³/mol. The van der Waals surface area contributed by atoms with Gasteiger partial charge in [0.2, 0.25) is 11.8 Å². The van der Waals surface area contributed by atoms with Gasteiger partial charge in [0.1, 0.15) is 11.6 Å². The second-order valence-electron chi connectivity index (χ2n) is 6.02. The van der Waals surface area contributed by atoms with Crippen LogP contribution in [0.1, 0.15) is 47.5 Å².